The van der Waals surface area contributed by atoms with Crippen molar-refractivity contribution in [2.75, 3.05) is 10.1 Å². The van der Waals surface area contributed by atoms with E-state index in [1.165, 1.54) is 24.3 Å². The molecule has 0 amide bonds. The average Bonchev–Trinajstić information content (AvgIpc) is 2.44. The molecule has 0 aliphatic carbocycles. The summed E-state index contributed by atoms with van der Waals surface area (Å²) in [7, 11) is -3.86. The number of nitrogens with two attached hydrogens (primary N) is 1. The maximum Gasteiger partial charge on any atom is 0.263 e. The van der Waals surface area contributed by atoms with Crippen molar-refractivity contribution in [3.63, 3.8) is 0 Å². The summed E-state index contributed by atoms with van der Waals surface area (Å²) in [5.41, 5.74) is 2.42. The Morgan fingerprint density at radius 3 is 2.29 bits per heavy atom. The molecule has 0 aliphatic heterocycles. The van der Waals surface area contributed by atoms with Crippen LogP contribution >= 0.6 is 34.8 Å². The van der Waals surface area contributed by atoms with Gasteiger partial charge in [-0.1, -0.05) is 34.8 Å². The second-order valence-electron chi connectivity index (χ2n) is 3.88. The van der Waals surface area contributed by atoms with E-state index in [0.29, 0.717) is 5.82 Å². The maximum atomic E-state index is 12.2. The molecule has 1 aromatic heterocycles. The van der Waals surface area contributed by atoms with Crippen LogP contribution in [0, 0.1) is 0 Å². The zero-order valence-electron chi connectivity index (χ0n) is 10.3. The fraction of sp³-hybridized carbons (Fsp3) is 0. The van der Waals surface area contributed by atoms with Gasteiger partial charge >= 0.3 is 0 Å². The number of halogens is 3. The number of hydrogen-bond acceptors (Lipinski definition) is 5. The number of nitrogens with one attached hydrogen (secondary N) is 2. The Morgan fingerprint density at radius 1 is 1.05 bits per heavy atom. The summed E-state index contributed by atoms with van der Waals surface area (Å²) in [5, 5.41) is 0.533. The highest BCUT2D eigenvalue weighted by Gasteiger charge is 2.17. The summed E-state index contributed by atoms with van der Waals surface area (Å²) in [5.74, 6) is 5.50. The first-order valence-corrected chi connectivity index (χ1v) is 8.05. The lowest BCUT2D eigenvalue weighted by atomic mass is 10.3. The first-order valence-electron chi connectivity index (χ1n) is 5.43. The van der Waals surface area contributed by atoms with Gasteiger partial charge in [0.25, 0.3) is 10.0 Å². The third-order valence-electron chi connectivity index (χ3n) is 2.45. The van der Waals surface area contributed by atoms with Gasteiger partial charge in [0.1, 0.15) is 10.7 Å². The van der Waals surface area contributed by atoms with Crippen molar-refractivity contribution >= 4 is 56.3 Å². The Morgan fingerprint density at radius 2 is 1.71 bits per heavy atom. The van der Waals surface area contributed by atoms with Crippen LogP contribution in [0.5, 0.6) is 0 Å². The number of rotatable bonds is 4. The summed E-state index contributed by atoms with van der Waals surface area (Å²) < 4.78 is 26.7. The maximum absolute atomic E-state index is 12.2. The summed E-state index contributed by atoms with van der Waals surface area (Å²) in [6.45, 7) is 0. The highest BCUT2D eigenvalue weighted by Crippen LogP contribution is 2.33. The molecule has 0 saturated heterocycles. The van der Waals surface area contributed by atoms with Gasteiger partial charge in [-0.15, -0.1) is 0 Å². The molecule has 0 fully saturated rings. The lowest BCUT2D eigenvalue weighted by Crippen LogP contribution is -2.14. The van der Waals surface area contributed by atoms with Crippen LogP contribution in [0.1, 0.15) is 0 Å². The molecule has 2 rings (SSSR count). The number of aromatic nitrogens is 1. The van der Waals surface area contributed by atoms with Crippen molar-refractivity contribution < 1.29 is 8.42 Å². The highest BCUT2D eigenvalue weighted by molar-refractivity contribution is 7.92. The van der Waals surface area contributed by atoms with Gasteiger partial charge in [-0.25, -0.2) is 19.2 Å². The minimum absolute atomic E-state index is 0.0522. The molecule has 1 heterocycles. The first-order chi connectivity index (χ1) is 9.83. The molecule has 0 unspecified atom stereocenters. The smallest absolute Gasteiger partial charge is 0.263 e. The van der Waals surface area contributed by atoms with Crippen LogP contribution in [0.2, 0.25) is 15.1 Å². The number of nitrogens with zero attached hydrogens (tertiary/aromatic N) is 1. The molecule has 0 radical (unpaired) electrons. The number of hydrazine groups is 1. The van der Waals surface area contributed by atoms with Gasteiger partial charge in [0, 0.05) is 6.20 Å². The Bertz CT molecular complexity index is 766. The molecule has 4 N–H and O–H groups in total. The largest absolute Gasteiger partial charge is 0.308 e. The molecule has 21 heavy (non-hydrogen) atoms. The minimum Gasteiger partial charge on any atom is -0.308 e. The van der Waals surface area contributed by atoms with E-state index in [1.54, 1.807) is 0 Å². The summed E-state index contributed by atoms with van der Waals surface area (Å²) in [6.07, 6.45) is 1.16. The Hall–Kier alpha value is -1.25. The normalized spacial score (nSPS) is 11.2. The van der Waals surface area contributed by atoms with Crippen LogP contribution in [0.4, 0.5) is 11.5 Å². The number of nitrogen functional groups attached to an aromatic ring is 1. The molecular weight excluding hydrogens is 359 g/mol. The Balaban J connectivity index is 2.34. The molecule has 10 heteroatoms. The summed E-state index contributed by atoms with van der Waals surface area (Å²) in [4.78, 5) is 3.77. The third kappa shape index (κ3) is 3.69. The van der Waals surface area contributed by atoms with Crippen LogP contribution < -0.4 is 16.0 Å². The van der Waals surface area contributed by atoms with E-state index in [2.05, 4.69) is 15.1 Å². The molecule has 112 valence electrons. The Kier molecular flexibility index (Phi) is 4.80. The van der Waals surface area contributed by atoms with Gasteiger partial charge in [0.15, 0.2) is 0 Å². The molecular formula is C11H9Cl3N4O2S. The molecule has 0 aliphatic rings. The quantitative estimate of drug-likeness (QED) is 0.438. The monoisotopic (exact) mass is 366 g/mol. The van der Waals surface area contributed by atoms with Gasteiger partial charge in [0.2, 0.25) is 0 Å². The van der Waals surface area contributed by atoms with Crippen LogP contribution in [0.25, 0.3) is 0 Å². The van der Waals surface area contributed by atoms with Crippen molar-refractivity contribution in [2.45, 2.75) is 4.90 Å². The molecule has 0 atom stereocenters. The van der Waals surface area contributed by atoms with E-state index >= 15 is 0 Å². The number of benzene rings is 1. The predicted molar refractivity (Wildman–Crippen MR) is 84.3 cm³/mol. The predicted octanol–water partition coefficient (Wildman–Crippen LogP) is 3.13. The van der Waals surface area contributed by atoms with Gasteiger partial charge in [-0.05, 0) is 24.3 Å². The van der Waals surface area contributed by atoms with E-state index in [9.17, 15) is 8.42 Å². The van der Waals surface area contributed by atoms with Gasteiger partial charge in [-0.3, -0.25) is 4.72 Å². The van der Waals surface area contributed by atoms with Gasteiger partial charge in [-0.2, -0.15) is 0 Å². The Labute approximate surface area is 136 Å². The van der Waals surface area contributed by atoms with Crippen LogP contribution in [-0.4, -0.2) is 13.4 Å². The number of hydrogen-bond donors (Lipinski definition) is 3. The minimum atomic E-state index is -3.86. The number of anilines is 2. The van der Waals surface area contributed by atoms with Gasteiger partial charge < -0.3 is 5.43 Å². The van der Waals surface area contributed by atoms with Crippen LogP contribution in [0.15, 0.2) is 35.4 Å². The summed E-state index contributed by atoms with van der Waals surface area (Å²) in [6, 6.07) is 5.44. The van der Waals surface area contributed by atoms with Gasteiger partial charge in [0.05, 0.1) is 20.8 Å². The van der Waals surface area contributed by atoms with Crippen LogP contribution in [-0.2, 0) is 10.0 Å². The van der Waals surface area contributed by atoms with E-state index in [0.717, 1.165) is 6.20 Å². The molecule has 0 bridgehead atoms. The average molecular weight is 368 g/mol. The SMILES string of the molecule is NNc1ccc(S(=O)(=O)Nc2cc(Cl)c(Cl)cc2Cl)cn1. The summed E-state index contributed by atoms with van der Waals surface area (Å²) >= 11 is 17.6. The molecule has 1 aromatic carbocycles. The van der Waals surface area contributed by atoms with E-state index in [-0.39, 0.29) is 25.7 Å². The fourth-order valence-corrected chi connectivity index (χ4v) is 3.09. The number of pyridine rings is 1. The number of sulfonamides is 1. The first kappa shape index (κ1) is 16.1. The zero-order valence-corrected chi connectivity index (χ0v) is 13.4. The van der Waals surface area contributed by atoms with E-state index in [4.69, 9.17) is 40.6 Å². The lowest BCUT2D eigenvalue weighted by Gasteiger charge is -2.11. The van der Waals surface area contributed by atoms with E-state index < -0.39 is 10.0 Å². The standard InChI is InChI=1S/C11H9Cl3N4O2S/c12-7-3-9(14)10(4-8(7)13)18-21(19,20)6-1-2-11(17-15)16-5-6/h1-5,18H,15H2,(H,16,17). The van der Waals surface area contributed by atoms with E-state index in [1.807, 2.05) is 0 Å². The molecule has 6 nitrogen and oxygen atoms in total. The zero-order chi connectivity index (χ0) is 15.6. The van der Waals surface area contributed by atoms with Crippen LogP contribution in [0.3, 0.4) is 0 Å². The lowest BCUT2D eigenvalue weighted by molar-refractivity contribution is 0.601. The molecule has 0 saturated carbocycles. The second kappa shape index (κ2) is 6.25. The van der Waals surface area contributed by atoms with Crippen molar-refractivity contribution in [1.82, 2.24) is 4.98 Å². The molecule has 2 aromatic rings. The fourth-order valence-electron chi connectivity index (χ4n) is 1.43. The topological polar surface area (TPSA) is 97.1 Å². The van der Waals surface area contributed by atoms with Crippen molar-refractivity contribution in [3.05, 3.63) is 45.5 Å². The molecule has 0 spiro atoms. The van der Waals surface area contributed by atoms with Crippen molar-refractivity contribution in [1.29, 1.82) is 0 Å². The third-order valence-corrected chi connectivity index (χ3v) is 4.83. The second-order valence-corrected chi connectivity index (χ2v) is 6.78. The highest BCUT2D eigenvalue weighted by atomic mass is 35.5. The van der Waals surface area contributed by atoms with Crippen molar-refractivity contribution in [3.8, 4) is 0 Å². The van der Waals surface area contributed by atoms with Crippen molar-refractivity contribution in [2.24, 2.45) is 5.84 Å².